The molecule has 2 aliphatic heterocycles. The molecule has 2 fully saturated rings. The second kappa shape index (κ2) is 5.05. The first-order valence-corrected chi connectivity index (χ1v) is 6.60. The van der Waals surface area contributed by atoms with Crippen molar-refractivity contribution in [2.75, 3.05) is 19.8 Å². The number of rotatable bonds is 1. The summed E-state index contributed by atoms with van der Waals surface area (Å²) in [6, 6.07) is 0.0917. The van der Waals surface area contributed by atoms with E-state index < -0.39 is 5.60 Å². The van der Waals surface area contributed by atoms with E-state index in [1.54, 1.807) is 0 Å². The number of hydrogen-bond donors (Lipinski definition) is 1. The number of piperidine rings is 1. The van der Waals surface area contributed by atoms with Gasteiger partial charge in [0.05, 0.1) is 25.3 Å². The lowest BCUT2D eigenvalue weighted by Gasteiger charge is -2.47. The average molecular weight is 257 g/mol. The van der Waals surface area contributed by atoms with E-state index >= 15 is 0 Å². The van der Waals surface area contributed by atoms with E-state index in [9.17, 15) is 9.90 Å². The van der Waals surface area contributed by atoms with Crippen LogP contribution in [0.2, 0.25) is 0 Å². The molecule has 2 bridgehead atoms. The summed E-state index contributed by atoms with van der Waals surface area (Å²) in [5.74, 6) is 0.280. The van der Waals surface area contributed by atoms with E-state index in [4.69, 9.17) is 9.47 Å². The first-order chi connectivity index (χ1) is 8.40. The lowest BCUT2D eigenvalue weighted by Crippen LogP contribution is -2.60. The van der Waals surface area contributed by atoms with Crippen LogP contribution >= 0.6 is 0 Å². The molecule has 1 N–H and O–H groups in total. The van der Waals surface area contributed by atoms with Crippen molar-refractivity contribution in [2.45, 2.75) is 51.3 Å². The number of nitrogens with zero attached hydrogens (tertiary/aromatic N) is 1. The van der Waals surface area contributed by atoms with E-state index in [2.05, 4.69) is 0 Å². The van der Waals surface area contributed by atoms with Gasteiger partial charge in [0.1, 0.15) is 5.60 Å². The second-order valence-electron chi connectivity index (χ2n) is 6.25. The molecule has 2 rings (SSSR count). The zero-order valence-corrected chi connectivity index (χ0v) is 11.4. The van der Waals surface area contributed by atoms with Gasteiger partial charge in [-0.25, -0.2) is 4.79 Å². The minimum atomic E-state index is -0.472. The molecule has 18 heavy (non-hydrogen) atoms. The summed E-state index contributed by atoms with van der Waals surface area (Å²) in [6.07, 6.45) is 1.34. The molecular weight excluding hydrogens is 234 g/mol. The molecule has 0 saturated carbocycles. The Morgan fingerprint density at radius 1 is 1.33 bits per heavy atom. The zero-order valence-electron chi connectivity index (χ0n) is 11.4. The highest BCUT2D eigenvalue weighted by Crippen LogP contribution is 2.32. The predicted octanol–water partition coefficient (Wildman–Crippen LogP) is 1.39. The SMILES string of the molecule is CC(C)(C)OC(=O)N1C2COCC1CC(CO)C2. The summed E-state index contributed by atoms with van der Waals surface area (Å²) in [6.45, 7) is 6.90. The molecule has 2 atom stereocenters. The van der Waals surface area contributed by atoms with Crippen molar-refractivity contribution < 1.29 is 19.4 Å². The van der Waals surface area contributed by atoms with Crippen LogP contribution in [0.3, 0.4) is 0 Å². The third-order valence-electron chi connectivity index (χ3n) is 3.48. The Balaban J connectivity index is 2.06. The van der Waals surface area contributed by atoms with Crippen LogP contribution in [0.15, 0.2) is 0 Å². The van der Waals surface area contributed by atoms with Gasteiger partial charge in [-0.1, -0.05) is 0 Å². The summed E-state index contributed by atoms with van der Waals surface area (Å²) < 4.78 is 11.0. The lowest BCUT2D eigenvalue weighted by molar-refractivity contribution is -0.0939. The van der Waals surface area contributed by atoms with E-state index in [1.165, 1.54) is 0 Å². The van der Waals surface area contributed by atoms with Gasteiger partial charge in [0.25, 0.3) is 0 Å². The van der Waals surface area contributed by atoms with Crippen molar-refractivity contribution in [3.8, 4) is 0 Å². The maximum atomic E-state index is 12.2. The summed E-state index contributed by atoms with van der Waals surface area (Å²) in [4.78, 5) is 14.0. The van der Waals surface area contributed by atoms with Gasteiger partial charge in [-0.15, -0.1) is 0 Å². The van der Waals surface area contributed by atoms with Crippen molar-refractivity contribution in [3.05, 3.63) is 0 Å². The molecule has 2 aliphatic rings. The Hall–Kier alpha value is -0.810. The van der Waals surface area contributed by atoms with Gasteiger partial charge in [0, 0.05) is 6.61 Å². The number of ether oxygens (including phenoxy) is 2. The van der Waals surface area contributed by atoms with E-state index in [1.807, 2.05) is 25.7 Å². The number of amides is 1. The fraction of sp³-hybridized carbons (Fsp3) is 0.923. The van der Waals surface area contributed by atoms with Crippen LogP contribution in [0.4, 0.5) is 4.79 Å². The zero-order chi connectivity index (χ0) is 13.3. The Morgan fingerprint density at radius 3 is 2.33 bits per heavy atom. The average Bonchev–Trinajstić information content (AvgIpc) is 2.24. The van der Waals surface area contributed by atoms with Crippen LogP contribution < -0.4 is 0 Å². The standard InChI is InChI=1S/C13H23NO4/c1-13(2,3)18-12(16)14-10-4-9(6-15)5-11(14)8-17-7-10/h9-11,15H,4-8H2,1-3H3. The Bertz CT molecular complexity index is 299. The van der Waals surface area contributed by atoms with Gasteiger partial charge in [-0.3, -0.25) is 4.90 Å². The van der Waals surface area contributed by atoms with E-state index in [-0.39, 0.29) is 30.7 Å². The quantitative estimate of drug-likeness (QED) is 0.771. The maximum absolute atomic E-state index is 12.2. The molecule has 0 radical (unpaired) electrons. The molecule has 2 heterocycles. The van der Waals surface area contributed by atoms with Crippen molar-refractivity contribution in [1.29, 1.82) is 0 Å². The van der Waals surface area contributed by atoms with Crippen molar-refractivity contribution in [3.63, 3.8) is 0 Å². The van der Waals surface area contributed by atoms with Crippen LogP contribution in [-0.2, 0) is 9.47 Å². The lowest BCUT2D eigenvalue weighted by atomic mass is 9.86. The number of hydrogen-bond acceptors (Lipinski definition) is 4. The summed E-state index contributed by atoms with van der Waals surface area (Å²) >= 11 is 0. The monoisotopic (exact) mass is 257 g/mol. The van der Waals surface area contributed by atoms with Crippen molar-refractivity contribution in [2.24, 2.45) is 5.92 Å². The molecule has 2 unspecified atom stereocenters. The third kappa shape index (κ3) is 2.95. The number of aliphatic hydroxyl groups excluding tert-OH is 1. The van der Waals surface area contributed by atoms with Crippen LogP contribution in [0.5, 0.6) is 0 Å². The first-order valence-electron chi connectivity index (χ1n) is 6.60. The molecular formula is C13H23NO4. The maximum Gasteiger partial charge on any atom is 0.410 e. The number of morpholine rings is 1. The minimum Gasteiger partial charge on any atom is -0.444 e. The molecule has 2 saturated heterocycles. The fourth-order valence-corrected chi connectivity index (χ4v) is 2.79. The Morgan fingerprint density at radius 2 is 1.89 bits per heavy atom. The summed E-state index contributed by atoms with van der Waals surface area (Å²) in [7, 11) is 0. The van der Waals surface area contributed by atoms with Gasteiger partial charge in [0.2, 0.25) is 0 Å². The predicted molar refractivity (Wildman–Crippen MR) is 66.3 cm³/mol. The largest absolute Gasteiger partial charge is 0.444 e. The highest BCUT2D eigenvalue weighted by Gasteiger charge is 2.42. The molecule has 5 nitrogen and oxygen atoms in total. The Kier molecular flexibility index (Phi) is 3.82. The minimum absolute atomic E-state index is 0.0458. The molecule has 0 spiro atoms. The molecule has 5 heteroatoms. The van der Waals surface area contributed by atoms with Crippen molar-refractivity contribution in [1.82, 2.24) is 4.90 Å². The highest BCUT2D eigenvalue weighted by atomic mass is 16.6. The summed E-state index contributed by atoms with van der Waals surface area (Å²) in [5.41, 5.74) is -0.472. The van der Waals surface area contributed by atoms with Crippen LogP contribution in [0.25, 0.3) is 0 Å². The van der Waals surface area contributed by atoms with Crippen molar-refractivity contribution >= 4 is 6.09 Å². The van der Waals surface area contributed by atoms with Gasteiger partial charge in [-0.05, 0) is 39.5 Å². The van der Waals surface area contributed by atoms with Gasteiger partial charge in [-0.2, -0.15) is 0 Å². The Labute approximate surface area is 108 Å². The van der Waals surface area contributed by atoms with E-state index in [0.29, 0.717) is 13.2 Å². The van der Waals surface area contributed by atoms with Crippen LogP contribution in [-0.4, -0.2) is 53.6 Å². The van der Waals surface area contributed by atoms with Crippen LogP contribution in [0.1, 0.15) is 33.6 Å². The summed E-state index contributed by atoms with van der Waals surface area (Å²) in [5, 5.41) is 9.28. The number of aliphatic hydroxyl groups is 1. The van der Waals surface area contributed by atoms with Crippen LogP contribution in [0, 0.1) is 5.92 Å². The molecule has 0 aromatic carbocycles. The molecule has 0 aromatic heterocycles. The molecule has 1 amide bonds. The van der Waals surface area contributed by atoms with Gasteiger partial charge < -0.3 is 14.6 Å². The first kappa shape index (κ1) is 13.6. The molecule has 0 aromatic rings. The smallest absolute Gasteiger partial charge is 0.410 e. The number of carbonyl (C=O) groups is 1. The highest BCUT2D eigenvalue weighted by molar-refractivity contribution is 5.69. The van der Waals surface area contributed by atoms with E-state index in [0.717, 1.165) is 12.8 Å². The third-order valence-corrected chi connectivity index (χ3v) is 3.48. The topological polar surface area (TPSA) is 59.0 Å². The number of fused-ring (bicyclic) bond motifs is 2. The number of carbonyl (C=O) groups excluding carboxylic acids is 1. The van der Waals surface area contributed by atoms with Gasteiger partial charge in [0.15, 0.2) is 0 Å². The fourth-order valence-electron chi connectivity index (χ4n) is 2.79. The van der Waals surface area contributed by atoms with Gasteiger partial charge >= 0.3 is 6.09 Å². The molecule has 0 aliphatic carbocycles. The molecule has 104 valence electrons. The normalized spacial score (nSPS) is 32.2. The second-order valence-corrected chi connectivity index (χ2v) is 6.25.